The van der Waals surface area contributed by atoms with E-state index in [1.165, 1.54) is 50.5 Å². The van der Waals surface area contributed by atoms with E-state index in [-0.39, 0.29) is 64.6 Å². The zero-order chi connectivity index (χ0) is 17.0. The molecule has 0 amide bonds. The van der Waals surface area contributed by atoms with Crippen molar-refractivity contribution >= 4 is 10.4 Å². The maximum absolute atomic E-state index is 10.3. The van der Waals surface area contributed by atoms with Crippen molar-refractivity contribution < 1.29 is 73.3 Å². The van der Waals surface area contributed by atoms with Crippen LogP contribution in [0.1, 0.15) is 57.4 Å². The van der Waals surface area contributed by atoms with Crippen LogP contribution in [0.4, 0.5) is 0 Å². The molecule has 1 aromatic rings. The summed E-state index contributed by atoms with van der Waals surface area (Å²) in [4.78, 5) is 0. The van der Waals surface area contributed by atoms with Gasteiger partial charge in [-0.25, -0.2) is 8.42 Å². The topological polar surface area (TPSA) is 75.7 Å². The Kier molecular flexibility index (Phi) is 15.0. The van der Waals surface area contributed by atoms with Crippen molar-refractivity contribution in [3.8, 4) is 5.75 Å². The molecule has 5 nitrogen and oxygen atoms in total. The zero-order valence-electron chi connectivity index (χ0n) is 14.8. The SMILES string of the molecule is CCCCCCCCCc1ccc(OCCOS(=O)(=O)[O-])cc1.[K+]. The average molecular weight is 383 g/mol. The number of ether oxygens (including phenoxy) is 1. The molecule has 0 spiro atoms. The molecule has 0 fully saturated rings. The first-order chi connectivity index (χ1) is 11.0. The third kappa shape index (κ3) is 13.8. The monoisotopic (exact) mass is 382 g/mol. The predicted octanol–water partition coefficient (Wildman–Crippen LogP) is 0.839. The van der Waals surface area contributed by atoms with Crippen molar-refractivity contribution in [3.63, 3.8) is 0 Å². The van der Waals surface area contributed by atoms with Crippen molar-refractivity contribution in [2.75, 3.05) is 13.2 Å². The summed E-state index contributed by atoms with van der Waals surface area (Å²) in [6, 6.07) is 7.72. The summed E-state index contributed by atoms with van der Waals surface area (Å²) in [5.74, 6) is 0.639. The maximum atomic E-state index is 10.3. The number of hydrogen-bond acceptors (Lipinski definition) is 5. The second-order valence-electron chi connectivity index (χ2n) is 5.59. The molecule has 1 rings (SSSR count). The third-order valence-electron chi connectivity index (χ3n) is 3.57. The molecule has 24 heavy (non-hydrogen) atoms. The molecule has 0 aliphatic carbocycles. The predicted molar refractivity (Wildman–Crippen MR) is 89.3 cm³/mol. The van der Waals surface area contributed by atoms with Crippen molar-refractivity contribution in [1.82, 2.24) is 0 Å². The van der Waals surface area contributed by atoms with E-state index in [4.69, 9.17) is 4.74 Å². The summed E-state index contributed by atoms with van der Waals surface area (Å²) in [6.07, 6.45) is 10.1. The summed E-state index contributed by atoms with van der Waals surface area (Å²) in [6.45, 7) is 1.98. The second-order valence-corrected chi connectivity index (χ2v) is 6.65. The largest absolute Gasteiger partial charge is 1.00 e. The summed E-state index contributed by atoms with van der Waals surface area (Å²) in [7, 11) is -4.64. The first kappa shape index (κ1) is 24.5. The van der Waals surface area contributed by atoms with Gasteiger partial charge < -0.3 is 9.29 Å². The van der Waals surface area contributed by atoms with Gasteiger partial charge in [0.15, 0.2) is 0 Å². The van der Waals surface area contributed by atoms with Gasteiger partial charge in [0.1, 0.15) is 12.4 Å². The molecule has 0 N–H and O–H groups in total. The molecule has 0 aliphatic heterocycles. The van der Waals surface area contributed by atoms with Crippen LogP contribution in [-0.4, -0.2) is 26.2 Å². The van der Waals surface area contributed by atoms with Gasteiger partial charge in [-0.05, 0) is 30.5 Å². The maximum Gasteiger partial charge on any atom is 1.00 e. The van der Waals surface area contributed by atoms with Gasteiger partial charge in [0.2, 0.25) is 10.4 Å². The molecule has 0 saturated heterocycles. The van der Waals surface area contributed by atoms with Crippen molar-refractivity contribution in [1.29, 1.82) is 0 Å². The summed E-state index contributed by atoms with van der Waals surface area (Å²) >= 11 is 0. The Morgan fingerprint density at radius 3 is 2.08 bits per heavy atom. The van der Waals surface area contributed by atoms with Gasteiger partial charge in [-0.15, -0.1) is 0 Å². The standard InChI is InChI=1S/C17H28O5S.K/c1-2-3-4-5-6-7-8-9-16-10-12-17(13-11-16)21-14-15-22-23(18,19)20;/h10-13H,2-9,14-15H2,1H3,(H,18,19,20);/q;+1/p-1. The van der Waals surface area contributed by atoms with Crippen LogP contribution in [0.25, 0.3) is 0 Å². The van der Waals surface area contributed by atoms with E-state index < -0.39 is 10.4 Å². The Bertz CT molecular complexity index is 516. The summed E-state index contributed by atoms with van der Waals surface area (Å²) in [5.41, 5.74) is 1.27. The third-order valence-corrected chi connectivity index (χ3v) is 4.03. The molecular weight excluding hydrogens is 355 g/mol. The average Bonchev–Trinajstić information content (AvgIpc) is 2.51. The van der Waals surface area contributed by atoms with Gasteiger partial charge in [-0.2, -0.15) is 0 Å². The van der Waals surface area contributed by atoms with Crippen LogP contribution in [0.3, 0.4) is 0 Å². The van der Waals surface area contributed by atoms with Crippen LogP contribution in [0.15, 0.2) is 24.3 Å². The summed E-state index contributed by atoms with van der Waals surface area (Å²) < 4.78 is 40.1. The molecular formula is C17H27KO5S. The first-order valence-corrected chi connectivity index (χ1v) is 9.66. The molecule has 0 bridgehead atoms. The van der Waals surface area contributed by atoms with Crippen molar-refractivity contribution in [2.24, 2.45) is 0 Å². The molecule has 0 atom stereocenters. The molecule has 1 aromatic carbocycles. The Balaban J connectivity index is 0.00000529. The minimum atomic E-state index is -4.64. The molecule has 0 radical (unpaired) electrons. The molecule has 7 heteroatoms. The van der Waals surface area contributed by atoms with Crippen LogP contribution in [0.2, 0.25) is 0 Å². The molecule has 0 aliphatic rings. The fourth-order valence-corrected chi connectivity index (χ4v) is 2.61. The number of aryl methyl sites for hydroxylation is 1. The first-order valence-electron chi connectivity index (χ1n) is 8.33. The van der Waals surface area contributed by atoms with Gasteiger partial charge >= 0.3 is 51.4 Å². The molecule has 0 aromatic heterocycles. The quantitative estimate of drug-likeness (QED) is 0.219. The fraction of sp³-hybridized carbons (Fsp3) is 0.647. The molecule has 0 heterocycles. The minimum absolute atomic E-state index is 0. The number of hydrogen-bond donors (Lipinski definition) is 0. The smallest absolute Gasteiger partial charge is 0.726 e. The zero-order valence-corrected chi connectivity index (χ0v) is 18.8. The van der Waals surface area contributed by atoms with Crippen LogP contribution in [-0.2, 0) is 21.0 Å². The van der Waals surface area contributed by atoms with Crippen LogP contribution >= 0.6 is 0 Å². The van der Waals surface area contributed by atoms with Crippen LogP contribution in [0, 0.1) is 0 Å². The van der Waals surface area contributed by atoms with Gasteiger partial charge in [-0.1, -0.05) is 57.6 Å². The van der Waals surface area contributed by atoms with Gasteiger partial charge in [-0.3, -0.25) is 4.18 Å². The van der Waals surface area contributed by atoms with Gasteiger partial charge in [0.05, 0.1) is 6.61 Å². The molecule has 0 unspecified atom stereocenters. The molecule has 0 saturated carbocycles. The summed E-state index contributed by atoms with van der Waals surface area (Å²) in [5, 5.41) is 0. The Labute approximate surface area is 188 Å². The fourth-order valence-electron chi connectivity index (χ4n) is 2.33. The number of unbranched alkanes of at least 4 members (excludes halogenated alkanes) is 6. The van der Waals surface area contributed by atoms with E-state index >= 15 is 0 Å². The van der Waals surface area contributed by atoms with Crippen LogP contribution in [0.5, 0.6) is 5.75 Å². The van der Waals surface area contributed by atoms with Gasteiger partial charge in [0, 0.05) is 0 Å². The van der Waals surface area contributed by atoms with Gasteiger partial charge in [0.25, 0.3) is 0 Å². The van der Waals surface area contributed by atoms with E-state index in [1.807, 2.05) is 24.3 Å². The molecule has 132 valence electrons. The van der Waals surface area contributed by atoms with E-state index in [0.717, 1.165) is 6.42 Å². The Morgan fingerprint density at radius 2 is 1.50 bits per heavy atom. The van der Waals surface area contributed by atoms with Crippen LogP contribution < -0.4 is 56.1 Å². The Hall–Kier alpha value is 0.526. The van der Waals surface area contributed by atoms with Crippen molar-refractivity contribution in [3.05, 3.63) is 29.8 Å². The normalized spacial score (nSPS) is 11.1. The second kappa shape index (κ2) is 14.7. The number of benzene rings is 1. The van der Waals surface area contributed by atoms with E-state index in [9.17, 15) is 13.0 Å². The number of rotatable bonds is 13. The van der Waals surface area contributed by atoms with E-state index in [0.29, 0.717) is 5.75 Å². The van der Waals surface area contributed by atoms with E-state index in [2.05, 4.69) is 11.1 Å². The van der Waals surface area contributed by atoms with Crippen molar-refractivity contribution in [2.45, 2.75) is 58.3 Å². The van der Waals surface area contributed by atoms with E-state index in [1.54, 1.807) is 0 Å². The minimum Gasteiger partial charge on any atom is -0.726 e. The Morgan fingerprint density at radius 1 is 0.917 bits per heavy atom.